The molecule has 13 heavy (non-hydrogen) atoms. The van der Waals surface area contributed by atoms with Crippen LogP contribution in [0.4, 0.5) is 0 Å². The first kappa shape index (κ1) is 10.3. The van der Waals surface area contributed by atoms with E-state index in [1.165, 1.54) is 6.42 Å². The van der Waals surface area contributed by atoms with E-state index >= 15 is 0 Å². The summed E-state index contributed by atoms with van der Waals surface area (Å²) in [6.07, 6.45) is 5.97. The van der Waals surface area contributed by atoms with E-state index in [9.17, 15) is 4.79 Å². The highest BCUT2D eigenvalue weighted by atomic mass is 16.1. The number of hydrogen-bond donors (Lipinski definition) is 1. The summed E-state index contributed by atoms with van der Waals surface area (Å²) < 4.78 is 0. The van der Waals surface area contributed by atoms with Crippen molar-refractivity contribution in [1.82, 2.24) is 5.32 Å². The summed E-state index contributed by atoms with van der Waals surface area (Å²) in [5.74, 6) is 1.27. The van der Waals surface area contributed by atoms with Gasteiger partial charge in [0, 0.05) is 13.0 Å². The van der Waals surface area contributed by atoms with E-state index < -0.39 is 0 Å². The minimum atomic E-state index is 0.180. The van der Waals surface area contributed by atoms with Crippen LogP contribution in [0.1, 0.15) is 32.6 Å². The molecular weight excluding hydrogens is 162 g/mol. The van der Waals surface area contributed by atoms with Crippen molar-refractivity contribution in [2.75, 3.05) is 6.54 Å². The molecule has 0 aliphatic carbocycles. The molecule has 0 bridgehead atoms. The molecule has 0 saturated carbocycles. The Morgan fingerprint density at radius 2 is 2.38 bits per heavy atom. The molecule has 0 aromatic rings. The fourth-order valence-corrected chi connectivity index (χ4v) is 1.89. The molecule has 2 atom stereocenters. The van der Waals surface area contributed by atoms with Crippen molar-refractivity contribution in [3.05, 3.63) is 12.7 Å². The van der Waals surface area contributed by atoms with Crippen molar-refractivity contribution in [2.24, 2.45) is 11.8 Å². The monoisotopic (exact) mass is 181 g/mol. The lowest BCUT2D eigenvalue weighted by atomic mass is 9.91. The smallest absolute Gasteiger partial charge is 0.220 e. The first-order chi connectivity index (χ1) is 6.22. The van der Waals surface area contributed by atoms with Crippen LogP contribution in [0.25, 0.3) is 0 Å². The van der Waals surface area contributed by atoms with Gasteiger partial charge in [-0.1, -0.05) is 13.0 Å². The highest BCUT2D eigenvalue weighted by molar-refractivity contribution is 5.76. The Balaban J connectivity index is 2.52. The molecule has 1 aliphatic heterocycles. The van der Waals surface area contributed by atoms with Gasteiger partial charge in [0.2, 0.25) is 5.91 Å². The predicted octanol–water partition coefficient (Wildman–Crippen LogP) is 2.11. The maximum atomic E-state index is 11.3. The zero-order valence-corrected chi connectivity index (χ0v) is 8.38. The van der Waals surface area contributed by atoms with Gasteiger partial charge in [-0.3, -0.25) is 4.79 Å². The van der Waals surface area contributed by atoms with E-state index in [1.807, 2.05) is 6.08 Å². The van der Waals surface area contributed by atoms with Gasteiger partial charge < -0.3 is 5.32 Å². The molecule has 2 heteroatoms. The molecule has 1 aliphatic rings. The fraction of sp³-hybridized carbons (Fsp3) is 0.727. The van der Waals surface area contributed by atoms with Crippen LogP contribution in [0, 0.1) is 11.8 Å². The molecule has 1 saturated heterocycles. The fourth-order valence-electron chi connectivity index (χ4n) is 1.89. The maximum Gasteiger partial charge on any atom is 0.220 e. The lowest BCUT2D eigenvalue weighted by Crippen LogP contribution is -2.25. The summed E-state index contributed by atoms with van der Waals surface area (Å²) in [7, 11) is 0. The van der Waals surface area contributed by atoms with Gasteiger partial charge in [0.05, 0.1) is 0 Å². The van der Waals surface area contributed by atoms with E-state index in [0.717, 1.165) is 25.3 Å². The average molecular weight is 181 g/mol. The first-order valence-electron chi connectivity index (χ1n) is 5.11. The molecule has 2 nitrogen and oxygen atoms in total. The van der Waals surface area contributed by atoms with E-state index in [-0.39, 0.29) is 5.91 Å². The zero-order chi connectivity index (χ0) is 9.68. The summed E-state index contributed by atoms with van der Waals surface area (Å²) in [5, 5.41) is 2.92. The molecule has 1 amide bonds. The van der Waals surface area contributed by atoms with Gasteiger partial charge in [0.15, 0.2) is 0 Å². The molecule has 1 rings (SSSR count). The zero-order valence-electron chi connectivity index (χ0n) is 8.38. The third kappa shape index (κ3) is 3.62. The molecule has 1 fully saturated rings. The standard InChI is InChI=1S/C11H19NO/c1-3-10-7-9(2)5-4-6-12-11(13)8-10/h3,9-10H,1,4-8H2,2H3,(H,12,13). The van der Waals surface area contributed by atoms with Crippen LogP contribution < -0.4 is 5.32 Å². The second kappa shape index (κ2) is 5.05. The van der Waals surface area contributed by atoms with Gasteiger partial charge in [-0.25, -0.2) is 0 Å². The quantitative estimate of drug-likeness (QED) is 0.617. The third-order valence-corrected chi connectivity index (χ3v) is 2.68. The van der Waals surface area contributed by atoms with Crippen molar-refractivity contribution in [3.63, 3.8) is 0 Å². The molecular formula is C11H19NO. The van der Waals surface area contributed by atoms with Crippen LogP contribution >= 0.6 is 0 Å². The molecule has 2 unspecified atom stereocenters. The van der Waals surface area contributed by atoms with Crippen molar-refractivity contribution in [2.45, 2.75) is 32.6 Å². The van der Waals surface area contributed by atoms with Crippen molar-refractivity contribution >= 4 is 5.91 Å². The van der Waals surface area contributed by atoms with E-state index in [1.54, 1.807) is 0 Å². The normalized spacial score (nSPS) is 31.0. The number of carbonyl (C=O) groups excluding carboxylic acids is 1. The van der Waals surface area contributed by atoms with Crippen molar-refractivity contribution in [1.29, 1.82) is 0 Å². The second-order valence-corrected chi connectivity index (χ2v) is 4.03. The molecule has 0 aromatic carbocycles. The van der Waals surface area contributed by atoms with Gasteiger partial charge in [0.25, 0.3) is 0 Å². The maximum absolute atomic E-state index is 11.3. The molecule has 0 spiro atoms. The summed E-state index contributed by atoms with van der Waals surface area (Å²) in [6, 6.07) is 0. The number of amides is 1. The number of carbonyl (C=O) groups is 1. The van der Waals surface area contributed by atoms with Crippen LogP contribution in [-0.2, 0) is 4.79 Å². The van der Waals surface area contributed by atoms with Gasteiger partial charge in [-0.15, -0.1) is 6.58 Å². The summed E-state index contributed by atoms with van der Waals surface area (Å²) >= 11 is 0. The summed E-state index contributed by atoms with van der Waals surface area (Å²) in [4.78, 5) is 11.3. The van der Waals surface area contributed by atoms with Crippen molar-refractivity contribution in [3.8, 4) is 0 Å². The highest BCUT2D eigenvalue weighted by Crippen LogP contribution is 2.21. The minimum Gasteiger partial charge on any atom is -0.356 e. The first-order valence-corrected chi connectivity index (χ1v) is 5.11. The Morgan fingerprint density at radius 3 is 3.08 bits per heavy atom. The van der Waals surface area contributed by atoms with Crippen LogP contribution in [-0.4, -0.2) is 12.5 Å². The number of hydrogen-bond acceptors (Lipinski definition) is 1. The Labute approximate surface area is 80.4 Å². The number of nitrogens with one attached hydrogen (secondary N) is 1. The topological polar surface area (TPSA) is 29.1 Å². The van der Waals surface area contributed by atoms with Crippen molar-refractivity contribution < 1.29 is 4.79 Å². The van der Waals surface area contributed by atoms with E-state index in [0.29, 0.717) is 12.3 Å². The van der Waals surface area contributed by atoms with Gasteiger partial charge >= 0.3 is 0 Å². The Kier molecular flexibility index (Phi) is 4.00. The molecule has 0 radical (unpaired) electrons. The van der Waals surface area contributed by atoms with Gasteiger partial charge in [0.1, 0.15) is 0 Å². The van der Waals surface area contributed by atoms with Gasteiger partial charge in [-0.05, 0) is 31.1 Å². The number of rotatable bonds is 1. The Hall–Kier alpha value is -0.790. The van der Waals surface area contributed by atoms with Crippen LogP contribution in [0.2, 0.25) is 0 Å². The van der Waals surface area contributed by atoms with Crippen LogP contribution in [0.5, 0.6) is 0 Å². The lowest BCUT2D eigenvalue weighted by molar-refractivity contribution is -0.121. The molecule has 74 valence electrons. The summed E-state index contributed by atoms with van der Waals surface area (Å²) in [6.45, 7) is 6.87. The molecule has 1 heterocycles. The van der Waals surface area contributed by atoms with Crippen LogP contribution in [0.3, 0.4) is 0 Å². The lowest BCUT2D eigenvalue weighted by Gasteiger charge is -2.14. The predicted molar refractivity (Wildman–Crippen MR) is 54.3 cm³/mol. The van der Waals surface area contributed by atoms with E-state index in [2.05, 4.69) is 18.8 Å². The summed E-state index contributed by atoms with van der Waals surface area (Å²) in [5.41, 5.74) is 0. The highest BCUT2D eigenvalue weighted by Gasteiger charge is 2.16. The Bertz CT molecular complexity index is 189. The molecule has 0 aromatic heterocycles. The Morgan fingerprint density at radius 1 is 1.62 bits per heavy atom. The minimum absolute atomic E-state index is 0.180. The SMILES string of the molecule is C=CC1CC(=O)NCCCC(C)C1. The largest absolute Gasteiger partial charge is 0.356 e. The van der Waals surface area contributed by atoms with E-state index in [4.69, 9.17) is 0 Å². The number of allylic oxidation sites excluding steroid dienone is 1. The van der Waals surface area contributed by atoms with Gasteiger partial charge in [-0.2, -0.15) is 0 Å². The molecule has 1 N–H and O–H groups in total. The van der Waals surface area contributed by atoms with Crippen LogP contribution in [0.15, 0.2) is 12.7 Å². The third-order valence-electron chi connectivity index (χ3n) is 2.68. The second-order valence-electron chi connectivity index (χ2n) is 4.03. The average Bonchev–Trinajstić information content (AvgIpc) is 2.17.